The summed E-state index contributed by atoms with van der Waals surface area (Å²) in [5.41, 5.74) is 23.9. The van der Waals surface area contributed by atoms with Crippen molar-refractivity contribution in [1.82, 2.24) is 58.9 Å². The maximum atomic E-state index is 13.0. The number of carbonyl (C=O) groups excluding carboxylic acids is 4. The molecule has 2 aliphatic carbocycles. The number of alkyl halides is 6. The molecule has 0 unspecified atom stereocenters. The monoisotopic (exact) mass is 1050 g/mol. The second-order valence-electron chi connectivity index (χ2n) is 19.6. The summed E-state index contributed by atoms with van der Waals surface area (Å²) in [6.45, 7) is 5.81. The highest BCUT2D eigenvalue weighted by Gasteiger charge is 2.52. The molecule has 2 aliphatic heterocycles. The van der Waals surface area contributed by atoms with Gasteiger partial charge in [-0.25, -0.2) is 14.3 Å². The first-order valence-electron chi connectivity index (χ1n) is 23.9. The number of nitrogens with two attached hydrogens (primary N) is 4. The number of nitrogens with zero attached hydrogens (tertiary/aromatic N) is 12. The van der Waals surface area contributed by atoms with Crippen LogP contribution in [0.4, 0.5) is 38.0 Å². The molecule has 4 fully saturated rings. The Balaban J connectivity index is 0.000000186. The van der Waals surface area contributed by atoms with Gasteiger partial charge in [-0.15, -0.1) is 0 Å². The van der Waals surface area contributed by atoms with E-state index >= 15 is 0 Å². The van der Waals surface area contributed by atoms with Crippen LogP contribution in [0.25, 0.3) is 22.5 Å². The zero-order chi connectivity index (χ0) is 54.5. The van der Waals surface area contributed by atoms with Gasteiger partial charge in [0.15, 0.2) is 0 Å². The van der Waals surface area contributed by atoms with Crippen LogP contribution in [0.3, 0.4) is 0 Å². The predicted octanol–water partition coefficient (Wildman–Crippen LogP) is 4.93. The zero-order valence-corrected chi connectivity index (χ0v) is 41.0. The van der Waals surface area contributed by atoms with Crippen LogP contribution in [0.1, 0.15) is 108 Å². The molecule has 10 rings (SSSR count). The van der Waals surface area contributed by atoms with E-state index in [0.29, 0.717) is 42.9 Å². The Kier molecular flexibility index (Phi) is 13.6. The molecule has 4 aliphatic rings. The zero-order valence-electron chi connectivity index (χ0n) is 41.0. The Bertz CT molecular complexity index is 3170. The van der Waals surface area contributed by atoms with Crippen molar-refractivity contribution in [3.8, 4) is 46.2 Å². The van der Waals surface area contributed by atoms with Gasteiger partial charge in [0.25, 0.3) is 23.6 Å². The summed E-state index contributed by atoms with van der Waals surface area (Å²) in [5.74, 6) is 8.87. The van der Waals surface area contributed by atoms with Gasteiger partial charge >= 0.3 is 12.4 Å². The molecule has 76 heavy (non-hydrogen) atoms. The number of hydrogen-bond acceptors (Lipinski definition) is 12. The summed E-state index contributed by atoms with van der Waals surface area (Å²) in [7, 11) is 0. The molecular weight excluding hydrogens is 1000 g/mol. The van der Waals surface area contributed by atoms with Crippen LogP contribution in [0.5, 0.6) is 0 Å². The average Bonchev–Trinajstić information content (AvgIpc) is 4.24. The molecule has 4 amide bonds. The normalized spacial score (nSPS) is 20.7. The number of anilines is 2. The third-order valence-electron chi connectivity index (χ3n) is 14.4. The van der Waals surface area contributed by atoms with Crippen LogP contribution in [0, 0.1) is 34.5 Å². The molecule has 20 nitrogen and oxygen atoms in total. The highest BCUT2D eigenvalue weighted by atomic mass is 19.4. The quantitative estimate of drug-likeness (QED) is 0.105. The van der Waals surface area contributed by atoms with Gasteiger partial charge in [0.1, 0.15) is 45.5 Å². The van der Waals surface area contributed by atoms with Crippen molar-refractivity contribution in [3.05, 3.63) is 95.1 Å². The van der Waals surface area contributed by atoms with Gasteiger partial charge in [-0.2, -0.15) is 46.7 Å². The number of likely N-dealkylation sites (tertiary alicyclic amines) is 2. The molecule has 8 heterocycles. The maximum absolute atomic E-state index is 13.0. The molecular formula is C50H50F6N16O4. The minimum absolute atomic E-state index is 0.0191. The fourth-order valence-corrected chi connectivity index (χ4v) is 10.8. The number of amides is 4. The molecule has 396 valence electrons. The number of rotatable bonds is 10. The van der Waals surface area contributed by atoms with Crippen molar-refractivity contribution in [2.45, 2.75) is 89.9 Å². The molecule has 0 aromatic carbocycles. The Morgan fingerprint density at radius 1 is 0.684 bits per heavy atom. The molecule has 6 aromatic rings. The second-order valence-corrected chi connectivity index (χ2v) is 19.6. The van der Waals surface area contributed by atoms with E-state index in [1.54, 1.807) is 45.4 Å². The summed E-state index contributed by atoms with van der Waals surface area (Å²) in [6, 6.07) is 5.94. The van der Waals surface area contributed by atoms with Gasteiger partial charge in [0.2, 0.25) is 0 Å². The highest BCUT2D eigenvalue weighted by Crippen LogP contribution is 2.56. The van der Waals surface area contributed by atoms with Crippen molar-refractivity contribution in [3.63, 3.8) is 0 Å². The lowest BCUT2D eigenvalue weighted by atomic mass is 9.65. The molecule has 0 bridgehead atoms. The summed E-state index contributed by atoms with van der Waals surface area (Å²) in [4.78, 5) is 59.4. The number of nitrogen functional groups attached to an aromatic ring is 2. The number of halogens is 6. The van der Waals surface area contributed by atoms with Gasteiger partial charge in [-0.05, 0) is 105 Å². The molecule has 6 aromatic heterocycles. The van der Waals surface area contributed by atoms with Crippen LogP contribution < -0.4 is 22.9 Å². The van der Waals surface area contributed by atoms with Gasteiger partial charge in [0.05, 0.1) is 43.3 Å². The highest BCUT2D eigenvalue weighted by molar-refractivity contribution is 6.04. The minimum atomic E-state index is -4.55. The smallest absolute Gasteiger partial charge is 0.383 e. The summed E-state index contributed by atoms with van der Waals surface area (Å²) in [6.07, 6.45) is 2.69. The van der Waals surface area contributed by atoms with E-state index in [9.17, 15) is 45.5 Å². The van der Waals surface area contributed by atoms with E-state index in [4.69, 9.17) is 22.9 Å². The first-order chi connectivity index (χ1) is 36.0. The van der Waals surface area contributed by atoms with Crippen LogP contribution in [-0.4, -0.2) is 109 Å². The Morgan fingerprint density at radius 2 is 1.16 bits per heavy atom. The third-order valence-corrected chi connectivity index (χ3v) is 14.4. The third kappa shape index (κ3) is 10.4. The van der Waals surface area contributed by atoms with Gasteiger partial charge in [0, 0.05) is 55.9 Å². The maximum Gasteiger partial charge on any atom is 0.433 e. The molecule has 0 radical (unpaired) electrons. The molecule has 0 atom stereocenters. The second kappa shape index (κ2) is 19.9. The van der Waals surface area contributed by atoms with Crippen molar-refractivity contribution < 1.29 is 45.5 Å². The van der Waals surface area contributed by atoms with E-state index in [2.05, 4.69) is 54.0 Å². The number of aromatic nitrogens is 10. The SMILES string of the molecule is CC#CC(=O)N1CCC2(CC(n3nc(-c4cnn(Cc5cccc(C(F)(F)F)n5)c4)c(C(N)=O)c3N)C2)C1.CC#CC(=O)N1CCC2(CC(n3nc(-c4cnn(Cc5ccnc(C(F)(F)F)c5)c4)c(C(N)=O)c3N)C2)C1. The van der Waals surface area contributed by atoms with Crippen LogP contribution >= 0.6 is 0 Å². The predicted molar refractivity (Wildman–Crippen MR) is 260 cm³/mol. The van der Waals surface area contributed by atoms with E-state index in [1.165, 1.54) is 40.0 Å². The first kappa shape index (κ1) is 52.2. The van der Waals surface area contributed by atoms with Gasteiger partial charge in [-0.3, -0.25) is 33.5 Å². The molecule has 8 N–H and O–H groups in total. The Hall–Kier alpha value is -8.68. The number of carbonyl (C=O) groups is 4. The summed E-state index contributed by atoms with van der Waals surface area (Å²) in [5, 5.41) is 17.6. The van der Waals surface area contributed by atoms with Gasteiger partial charge in [-0.1, -0.05) is 17.9 Å². The Morgan fingerprint density at radius 3 is 1.61 bits per heavy atom. The number of pyridine rings is 2. The van der Waals surface area contributed by atoms with E-state index in [0.717, 1.165) is 56.9 Å². The Labute approximate surface area is 429 Å². The topological polar surface area (TPSA) is 276 Å². The molecule has 2 saturated carbocycles. The number of primary amides is 2. The molecule has 2 saturated heterocycles. The molecule has 26 heteroatoms. The lowest BCUT2D eigenvalue weighted by Gasteiger charge is -2.45. The fourth-order valence-electron chi connectivity index (χ4n) is 10.8. The van der Waals surface area contributed by atoms with Crippen LogP contribution in [0.2, 0.25) is 0 Å². The van der Waals surface area contributed by atoms with Crippen molar-refractivity contribution in [2.24, 2.45) is 22.3 Å². The molecule has 2 spiro atoms. The van der Waals surface area contributed by atoms with E-state index in [1.807, 2.05) is 0 Å². The largest absolute Gasteiger partial charge is 0.433 e. The van der Waals surface area contributed by atoms with Gasteiger partial charge < -0.3 is 32.7 Å². The standard InChI is InChI=1S/2C25H25F3N8O2/c1-2-4-19(37)34-8-7-24(14-34)9-17(10-24)36-22(29)20(23(30)38)21(33-36)15-11-31-35(12-15)13-16-5-3-6-18(32-16)25(26,27)28;1-2-3-19(37)34-7-5-24(14-34)9-17(10-24)36-22(29)20(23(30)38)21(33-36)16-11-32-35(13-16)12-15-4-6-31-18(8-15)25(26,27)28/h3,5-6,11-12,17H,7-10,13-14,29H2,1H3,(H2,30,38);4,6,8,11,13,17H,5,7,9-10,12,14,29H2,1H3,(H2,30,38). The first-order valence-corrected chi connectivity index (χ1v) is 23.9. The fraction of sp³-hybridized carbons (Fsp3) is 0.400. The van der Waals surface area contributed by atoms with Crippen LogP contribution in [0.15, 0.2) is 61.3 Å². The van der Waals surface area contributed by atoms with E-state index in [-0.39, 0.29) is 87.7 Å². The number of hydrogen-bond donors (Lipinski definition) is 4. The van der Waals surface area contributed by atoms with Crippen molar-refractivity contribution in [2.75, 3.05) is 37.6 Å². The van der Waals surface area contributed by atoms with Crippen molar-refractivity contribution >= 4 is 35.3 Å². The lowest BCUT2D eigenvalue weighted by Crippen LogP contribution is -2.42. The average molecular weight is 1050 g/mol. The summed E-state index contributed by atoms with van der Waals surface area (Å²) < 4.78 is 84.0. The van der Waals surface area contributed by atoms with Crippen molar-refractivity contribution in [1.29, 1.82) is 0 Å². The van der Waals surface area contributed by atoms with E-state index < -0.39 is 35.6 Å². The minimum Gasteiger partial charge on any atom is -0.383 e. The van der Waals surface area contributed by atoms with Crippen LogP contribution in [-0.2, 0) is 35.0 Å². The lowest BCUT2D eigenvalue weighted by molar-refractivity contribution is -0.142. The summed E-state index contributed by atoms with van der Waals surface area (Å²) >= 11 is 0.